The summed E-state index contributed by atoms with van der Waals surface area (Å²) < 4.78 is 4.84. The molecule has 2 aromatic carbocycles. The summed E-state index contributed by atoms with van der Waals surface area (Å²) in [5.41, 5.74) is 2.81. The third-order valence-electron chi connectivity index (χ3n) is 4.04. The van der Waals surface area contributed by atoms with E-state index in [1.807, 2.05) is 60.8 Å². The van der Waals surface area contributed by atoms with Crippen LogP contribution >= 0.6 is 0 Å². The molecule has 1 N–H and O–H groups in total. The van der Waals surface area contributed by atoms with Crippen LogP contribution in [0.1, 0.15) is 17.0 Å². The van der Waals surface area contributed by atoms with Gasteiger partial charge in [0.1, 0.15) is 0 Å². The number of hydrogen-bond donors (Lipinski definition) is 1. The molecule has 2 atom stereocenters. The zero-order chi connectivity index (χ0) is 16.2. The van der Waals surface area contributed by atoms with Crippen molar-refractivity contribution in [3.05, 3.63) is 71.9 Å². The van der Waals surface area contributed by atoms with Gasteiger partial charge in [-0.15, -0.1) is 0 Å². The van der Waals surface area contributed by atoms with Crippen molar-refractivity contribution in [2.75, 3.05) is 7.11 Å². The number of ether oxygens (including phenoxy) is 1. The van der Waals surface area contributed by atoms with Crippen molar-refractivity contribution in [2.24, 2.45) is 5.92 Å². The maximum atomic E-state index is 12.1. The quantitative estimate of drug-likeness (QED) is 0.749. The number of aromatic nitrogens is 1. The molecule has 0 radical (unpaired) electrons. The summed E-state index contributed by atoms with van der Waals surface area (Å²) in [6.07, 6.45) is 1.87. The van der Waals surface area contributed by atoms with Crippen LogP contribution < -0.4 is 0 Å². The number of aromatic amines is 1. The van der Waals surface area contributed by atoms with Crippen LogP contribution in [0.4, 0.5) is 0 Å². The SMILES string of the molecule is COC(=O)[C@H](C#N)[C@@H](c1ccccc1)c1c[nH]c2ccccc12. The number of nitriles is 1. The van der Waals surface area contributed by atoms with Crippen LogP contribution in [0.25, 0.3) is 10.9 Å². The lowest BCUT2D eigenvalue weighted by Gasteiger charge is -2.20. The molecule has 0 unspecified atom stereocenters. The first kappa shape index (κ1) is 14.9. The highest BCUT2D eigenvalue weighted by Gasteiger charge is 2.33. The van der Waals surface area contributed by atoms with E-state index in [-0.39, 0.29) is 5.92 Å². The van der Waals surface area contributed by atoms with E-state index < -0.39 is 11.9 Å². The molecule has 0 saturated heterocycles. The molecule has 3 aromatic rings. The van der Waals surface area contributed by atoms with Gasteiger partial charge in [0, 0.05) is 23.0 Å². The minimum atomic E-state index is -0.901. The van der Waals surface area contributed by atoms with E-state index in [1.165, 1.54) is 7.11 Å². The number of fused-ring (bicyclic) bond motifs is 1. The lowest BCUT2D eigenvalue weighted by Crippen LogP contribution is -2.23. The number of hydrogen-bond acceptors (Lipinski definition) is 3. The fraction of sp³-hybridized carbons (Fsp3) is 0.158. The van der Waals surface area contributed by atoms with Crippen molar-refractivity contribution < 1.29 is 9.53 Å². The number of rotatable bonds is 4. The molecule has 0 saturated carbocycles. The predicted molar refractivity (Wildman–Crippen MR) is 87.7 cm³/mol. The van der Waals surface area contributed by atoms with Gasteiger partial charge in [-0.2, -0.15) is 5.26 Å². The minimum absolute atomic E-state index is 0.384. The Bertz CT molecular complexity index is 862. The monoisotopic (exact) mass is 304 g/mol. The second-order valence-corrected chi connectivity index (χ2v) is 5.31. The Hall–Kier alpha value is -3.06. The number of carbonyl (C=O) groups excluding carboxylic acids is 1. The maximum absolute atomic E-state index is 12.1. The molecule has 1 aromatic heterocycles. The van der Waals surface area contributed by atoms with Gasteiger partial charge < -0.3 is 9.72 Å². The van der Waals surface area contributed by atoms with Gasteiger partial charge in [0.15, 0.2) is 5.92 Å². The lowest BCUT2D eigenvalue weighted by molar-refractivity contribution is -0.143. The molecule has 0 amide bonds. The molecule has 114 valence electrons. The first-order valence-electron chi connectivity index (χ1n) is 7.34. The third-order valence-corrected chi connectivity index (χ3v) is 4.04. The average Bonchev–Trinajstić information content (AvgIpc) is 3.03. The van der Waals surface area contributed by atoms with Crippen LogP contribution in [0.15, 0.2) is 60.8 Å². The first-order chi connectivity index (χ1) is 11.3. The van der Waals surface area contributed by atoms with Crippen molar-refractivity contribution in [1.29, 1.82) is 5.26 Å². The summed E-state index contributed by atoms with van der Waals surface area (Å²) in [7, 11) is 1.31. The summed E-state index contributed by atoms with van der Waals surface area (Å²) in [5, 5.41) is 10.6. The fourth-order valence-corrected chi connectivity index (χ4v) is 2.95. The zero-order valence-electron chi connectivity index (χ0n) is 12.7. The fourth-order valence-electron chi connectivity index (χ4n) is 2.95. The largest absolute Gasteiger partial charge is 0.468 e. The maximum Gasteiger partial charge on any atom is 0.324 e. The molecule has 0 spiro atoms. The predicted octanol–water partition coefficient (Wildman–Crippen LogP) is 3.61. The lowest BCUT2D eigenvalue weighted by atomic mass is 9.81. The Morgan fingerprint density at radius 3 is 2.52 bits per heavy atom. The molecule has 0 fully saturated rings. The van der Waals surface area contributed by atoms with Crippen molar-refractivity contribution in [3.63, 3.8) is 0 Å². The highest BCUT2D eigenvalue weighted by atomic mass is 16.5. The topological polar surface area (TPSA) is 65.9 Å². The Balaban J connectivity index is 2.20. The molecule has 0 aliphatic heterocycles. The molecule has 23 heavy (non-hydrogen) atoms. The van der Waals surface area contributed by atoms with Crippen LogP contribution in [0.5, 0.6) is 0 Å². The molecule has 0 aliphatic carbocycles. The van der Waals surface area contributed by atoms with Gasteiger partial charge in [0.25, 0.3) is 0 Å². The Morgan fingerprint density at radius 2 is 1.83 bits per heavy atom. The minimum Gasteiger partial charge on any atom is -0.468 e. The summed E-state index contributed by atoms with van der Waals surface area (Å²) in [4.78, 5) is 15.3. The number of esters is 1. The van der Waals surface area contributed by atoms with E-state index in [1.54, 1.807) is 0 Å². The highest BCUT2D eigenvalue weighted by molar-refractivity contribution is 5.86. The van der Waals surface area contributed by atoms with Gasteiger partial charge in [-0.25, -0.2) is 0 Å². The number of nitrogens with zero attached hydrogens (tertiary/aromatic N) is 1. The van der Waals surface area contributed by atoms with Gasteiger partial charge in [-0.05, 0) is 17.2 Å². The Labute approximate surface area is 134 Å². The number of H-pyrrole nitrogens is 1. The van der Waals surface area contributed by atoms with Gasteiger partial charge in [0.05, 0.1) is 13.2 Å². The summed E-state index contributed by atoms with van der Waals surface area (Å²) in [6.45, 7) is 0. The van der Waals surface area contributed by atoms with E-state index in [9.17, 15) is 10.1 Å². The second kappa shape index (κ2) is 6.37. The van der Waals surface area contributed by atoms with E-state index in [0.717, 1.165) is 22.0 Å². The number of nitrogens with one attached hydrogen (secondary N) is 1. The number of benzene rings is 2. The van der Waals surface area contributed by atoms with Crippen molar-refractivity contribution >= 4 is 16.9 Å². The van der Waals surface area contributed by atoms with Crippen LogP contribution in [0, 0.1) is 17.2 Å². The summed E-state index contributed by atoms with van der Waals surface area (Å²) in [5.74, 6) is -1.81. The van der Waals surface area contributed by atoms with Crippen LogP contribution in [0.2, 0.25) is 0 Å². The Morgan fingerprint density at radius 1 is 1.13 bits per heavy atom. The van der Waals surface area contributed by atoms with E-state index >= 15 is 0 Å². The molecule has 0 aliphatic rings. The van der Waals surface area contributed by atoms with E-state index in [2.05, 4.69) is 11.1 Å². The third kappa shape index (κ3) is 2.69. The van der Waals surface area contributed by atoms with E-state index in [0.29, 0.717) is 0 Å². The number of methoxy groups -OCH3 is 1. The standard InChI is InChI=1S/C19H16N2O2/c1-23-19(22)15(11-20)18(13-7-3-2-4-8-13)16-12-21-17-10-6-5-9-14(16)17/h2-10,12,15,18,21H,1H3/t15-,18-/m1/s1. The van der Waals surface area contributed by atoms with Crippen molar-refractivity contribution in [3.8, 4) is 6.07 Å². The average molecular weight is 304 g/mol. The molecule has 3 rings (SSSR count). The second-order valence-electron chi connectivity index (χ2n) is 5.31. The molecular formula is C19H16N2O2. The molecule has 4 nitrogen and oxygen atoms in total. The first-order valence-corrected chi connectivity index (χ1v) is 7.34. The normalized spacial score (nSPS) is 13.2. The molecule has 0 bridgehead atoms. The van der Waals surface area contributed by atoms with Crippen molar-refractivity contribution in [1.82, 2.24) is 4.98 Å². The van der Waals surface area contributed by atoms with Crippen LogP contribution in [-0.4, -0.2) is 18.1 Å². The zero-order valence-corrected chi connectivity index (χ0v) is 12.7. The van der Waals surface area contributed by atoms with Crippen LogP contribution in [-0.2, 0) is 9.53 Å². The smallest absolute Gasteiger partial charge is 0.324 e. The van der Waals surface area contributed by atoms with Gasteiger partial charge in [-0.1, -0.05) is 48.5 Å². The summed E-state index contributed by atoms with van der Waals surface area (Å²) in [6, 6.07) is 19.6. The van der Waals surface area contributed by atoms with Gasteiger partial charge >= 0.3 is 5.97 Å². The molecular weight excluding hydrogens is 288 g/mol. The number of para-hydroxylation sites is 1. The van der Waals surface area contributed by atoms with Gasteiger partial charge in [0.2, 0.25) is 0 Å². The Kier molecular flexibility index (Phi) is 4.11. The van der Waals surface area contributed by atoms with Gasteiger partial charge in [-0.3, -0.25) is 4.79 Å². The molecule has 4 heteroatoms. The summed E-state index contributed by atoms with van der Waals surface area (Å²) >= 11 is 0. The number of carbonyl (C=O) groups is 1. The molecule has 1 heterocycles. The van der Waals surface area contributed by atoms with Crippen molar-refractivity contribution in [2.45, 2.75) is 5.92 Å². The van der Waals surface area contributed by atoms with Crippen LogP contribution in [0.3, 0.4) is 0 Å². The van der Waals surface area contributed by atoms with E-state index in [4.69, 9.17) is 4.74 Å². The highest BCUT2D eigenvalue weighted by Crippen LogP contribution is 2.36.